The van der Waals surface area contributed by atoms with Crippen molar-refractivity contribution in [1.82, 2.24) is 0 Å². The summed E-state index contributed by atoms with van der Waals surface area (Å²) >= 11 is 0. The summed E-state index contributed by atoms with van der Waals surface area (Å²) in [6.07, 6.45) is 4.47. The van der Waals surface area contributed by atoms with Crippen LogP contribution in [0.1, 0.15) is 59.8 Å². The fraction of sp³-hybridized carbons (Fsp3) is 0.762. The molecule has 5 unspecified atom stereocenters. The molecule has 2 fully saturated rings. The Bertz CT molecular complexity index is 562. The number of rotatable bonds is 4. The minimum Gasteiger partial charge on any atom is -0.466 e. The standard InChI is InChI=1S/C21H34O4/c1-13(11-18(23)25-6)7-9-15-14(2)8-10-17-20(3,4)19(24)16(22)12-21(15,17)5/h11,15-17,19,22,24H,2,7-10,12H2,1,3-6H3. The number of esters is 1. The zero-order chi connectivity index (χ0) is 19.0. The quantitative estimate of drug-likeness (QED) is 0.462. The summed E-state index contributed by atoms with van der Waals surface area (Å²) in [6.45, 7) is 12.7. The molecule has 0 aromatic heterocycles. The number of allylic oxidation sites excluding steroid dienone is 2. The Labute approximate surface area is 152 Å². The van der Waals surface area contributed by atoms with E-state index in [-0.39, 0.29) is 22.7 Å². The van der Waals surface area contributed by atoms with Gasteiger partial charge in [-0.2, -0.15) is 0 Å². The summed E-state index contributed by atoms with van der Waals surface area (Å²) in [5, 5.41) is 21.0. The third-order valence-corrected chi connectivity index (χ3v) is 6.91. The van der Waals surface area contributed by atoms with E-state index in [1.165, 1.54) is 12.7 Å². The van der Waals surface area contributed by atoms with Gasteiger partial charge in [-0.3, -0.25) is 0 Å². The zero-order valence-corrected chi connectivity index (χ0v) is 16.3. The lowest BCUT2D eigenvalue weighted by Crippen LogP contribution is -2.60. The highest BCUT2D eigenvalue weighted by Crippen LogP contribution is 2.61. The Hall–Kier alpha value is -1.13. The van der Waals surface area contributed by atoms with Crippen LogP contribution in [0, 0.1) is 22.7 Å². The highest BCUT2D eigenvalue weighted by Gasteiger charge is 2.58. The zero-order valence-electron chi connectivity index (χ0n) is 16.3. The molecule has 0 aromatic carbocycles. The smallest absolute Gasteiger partial charge is 0.330 e. The van der Waals surface area contributed by atoms with Crippen LogP contribution in [0.15, 0.2) is 23.8 Å². The molecule has 2 aliphatic carbocycles. The molecule has 2 saturated carbocycles. The highest BCUT2D eigenvalue weighted by atomic mass is 16.5. The van der Waals surface area contributed by atoms with Crippen LogP contribution in [0.25, 0.3) is 0 Å². The average molecular weight is 350 g/mol. The number of fused-ring (bicyclic) bond motifs is 1. The number of aliphatic hydroxyl groups is 2. The number of hydrogen-bond donors (Lipinski definition) is 2. The number of methoxy groups -OCH3 is 1. The van der Waals surface area contributed by atoms with Gasteiger partial charge >= 0.3 is 5.97 Å². The van der Waals surface area contributed by atoms with Crippen molar-refractivity contribution < 1.29 is 19.7 Å². The van der Waals surface area contributed by atoms with Crippen LogP contribution in [0.2, 0.25) is 0 Å². The molecule has 2 rings (SSSR count). The number of carbonyl (C=O) groups is 1. The van der Waals surface area contributed by atoms with Gasteiger partial charge in [-0.15, -0.1) is 0 Å². The van der Waals surface area contributed by atoms with Crippen molar-refractivity contribution in [3.8, 4) is 0 Å². The molecule has 5 atom stereocenters. The molecule has 0 amide bonds. The lowest BCUT2D eigenvalue weighted by atomic mass is 9.46. The largest absolute Gasteiger partial charge is 0.466 e. The molecule has 25 heavy (non-hydrogen) atoms. The van der Waals surface area contributed by atoms with Crippen LogP contribution < -0.4 is 0 Å². The van der Waals surface area contributed by atoms with Crippen molar-refractivity contribution >= 4 is 5.97 Å². The van der Waals surface area contributed by atoms with Crippen LogP contribution >= 0.6 is 0 Å². The maximum Gasteiger partial charge on any atom is 0.330 e. The fourth-order valence-corrected chi connectivity index (χ4v) is 5.55. The average Bonchev–Trinajstić information content (AvgIpc) is 2.51. The topological polar surface area (TPSA) is 66.8 Å². The van der Waals surface area contributed by atoms with Crippen molar-refractivity contribution in [1.29, 1.82) is 0 Å². The molecular weight excluding hydrogens is 316 g/mol. The van der Waals surface area contributed by atoms with Gasteiger partial charge < -0.3 is 14.9 Å². The molecule has 0 spiro atoms. The molecule has 142 valence electrons. The third kappa shape index (κ3) is 3.70. The summed E-state index contributed by atoms with van der Waals surface area (Å²) in [5.74, 6) is 0.314. The third-order valence-electron chi connectivity index (χ3n) is 6.91. The minimum absolute atomic E-state index is 0.0803. The number of aliphatic hydroxyl groups excluding tert-OH is 2. The molecule has 4 nitrogen and oxygen atoms in total. The van der Waals surface area contributed by atoms with Gasteiger partial charge in [0, 0.05) is 6.08 Å². The second-order valence-corrected chi connectivity index (χ2v) is 8.90. The Kier molecular flexibility index (Phi) is 5.85. The van der Waals surface area contributed by atoms with E-state index in [2.05, 4.69) is 27.4 Å². The Balaban J connectivity index is 2.23. The highest BCUT2D eigenvalue weighted by molar-refractivity contribution is 5.82. The molecule has 0 aliphatic heterocycles. The molecule has 2 aliphatic rings. The first-order chi connectivity index (χ1) is 11.5. The molecule has 0 saturated heterocycles. The first-order valence-electron chi connectivity index (χ1n) is 9.33. The Morgan fingerprint density at radius 3 is 2.60 bits per heavy atom. The number of ether oxygens (including phenoxy) is 1. The lowest BCUT2D eigenvalue weighted by molar-refractivity contribution is -0.180. The van der Waals surface area contributed by atoms with Crippen molar-refractivity contribution in [3.63, 3.8) is 0 Å². The molecule has 0 heterocycles. The summed E-state index contributed by atoms with van der Waals surface area (Å²) in [4.78, 5) is 11.4. The Morgan fingerprint density at radius 1 is 1.36 bits per heavy atom. The van der Waals surface area contributed by atoms with E-state index < -0.39 is 12.2 Å². The molecule has 0 radical (unpaired) electrons. The number of carbonyl (C=O) groups excluding carboxylic acids is 1. The van der Waals surface area contributed by atoms with Crippen LogP contribution in [0.3, 0.4) is 0 Å². The normalized spacial score (nSPS) is 38.2. The molecule has 0 aromatic rings. The Morgan fingerprint density at radius 2 is 2.00 bits per heavy atom. The summed E-state index contributed by atoms with van der Waals surface area (Å²) in [7, 11) is 1.39. The SMILES string of the molecule is C=C1CCC2C(C)(C)C(O)C(O)CC2(C)C1CCC(C)=CC(=O)OC. The van der Waals surface area contributed by atoms with E-state index in [4.69, 9.17) is 4.74 Å². The van der Waals surface area contributed by atoms with Gasteiger partial charge in [0.1, 0.15) is 0 Å². The van der Waals surface area contributed by atoms with Crippen LogP contribution in [-0.4, -0.2) is 35.5 Å². The van der Waals surface area contributed by atoms with Gasteiger partial charge in [-0.05, 0) is 61.7 Å². The van der Waals surface area contributed by atoms with E-state index >= 15 is 0 Å². The van der Waals surface area contributed by atoms with Gasteiger partial charge in [0.15, 0.2) is 0 Å². The van der Waals surface area contributed by atoms with Crippen molar-refractivity contribution in [2.75, 3.05) is 7.11 Å². The van der Waals surface area contributed by atoms with Crippen LogP contribution in [0.4, 0.5) is 0 Å². The van der Waals surface area contributed by atoms with Crippen molar-refractivity contribution in [2.45, 2.75) is 72.0 Å². The van der Waals surface area contributed by atoms with Crippen LogP contribution in [-0.2, 0) is 9.53 Å². The van der Waals surface area contributed by atoms with Gasteiger partial charge in [0.05, 0.1) is 19.3 Å². The van der Waals surface area contributed by atoms with Crippen molar-refractivity contribution in [3.05, 3.63) is 23.8 Å². The van der Waals surface area contributed by atoms with Crippen molar-refractivity contribution in [2.24, 2.45) is 22.7 Å². The first-order valence-corrected chi connectivity index (χ1v) is 9.33. The first kappa shape index (κ1) is 20.2. The summed E-state index contributed by atoms with van der Waals surface area (Å²) in [6, 6.07) is 0. The summed E-state index contributed by atoms with van der Waals surface area (Å²) in [5.41, 5.74) is 1.84. The maximum atomic E-state index is 11.4. The second-order valence-electron chi connectivity index (χ2n) is 8.90. The van der Waals surface area contributed by atoms with E-state index in [0.717, 1.165) is 31.3 Å². The van der Waals surface area contributed by atoms with Gasteiger partial charge in [-0.25, -0.2) is 4.79 Å². The predicted molar refractivity (Wildman–Crippen MR) is 98.9 cm³/mol. The second kappa shape index (κ2) is 7.24. The lowest BCUT2D eigenvalue weighted by Gasteiger charge is -2.60. The summed E-state index contributed by atoms with van der Waals surface area (Å²) < 4.78 is 4.70. The molecule has 0 bridgehead atoms. The molecule has 4 heteroatoms. The van der Waals surface area contributed by atoms with E-state index in [9.17, 15) is 15.0 Å². The van der Waals surface area contributed by atoms with E-state index in [1.807, 2.05) is 6.92 Å². The minimum atomic E-state index is -0.698. The van der Waals surface area contributed by atoms with Gasteiger partial charge in [0.2, 0.25) is 0 Å². The van der Waals surface area contributed by atoms with Gasteiger partial charge in [-0.1, -0.05) is 38.5 Å². The van der Waals surface area contributed by atoms with Crippen LogP contribution in [0.5, 0.6) is 0 Å². The molecular formula is C21H34O4. The number of hydrogen-bond acceptors (Lipinski definition) is 4. The predicted octanol–water partition coefficient (Wildman–Crippen LogP) is 3.63. The fourth-order valence-electron chi connectivity index (χ4n) is 5.55. The molecule has 2 N–H and O–H groups in total. The van der Waals surface area contributed by atoms with E-state index in [1.54, 1.807) is 6.08 Å². The van der Waals surface area contributed by atoms with E-state index in [0.29, 0.717) is 12.3 Å². The van der Waals surface area contributed by atoms with Gasteiger partial charge in [0.25, 0.3) is 0 Å². The maximum absolute atomic E-state index is 11.4. The monoisotopic (exact) mass is 350 g/mol.